The summed E-state index contributed by atoms with van der Waals surface area (Å²) in [5.74, 6) is 2.30. The van der Waals surface area contributed by atoms with Crippen LogP contribution in [0.15, 0.2) is 72.5 Å². The topological polar surface area (TPSA) is 54.0 Å². The summed E-state index contributed by atoms with van der Waals surface area (Å²) in [6.45, 7) is 0.442. The number of benzene rings is 3. The molecule has 0 N–H and O–H groups in total. The number of carbonyl (C=O) groups is 1. The minimum absolute atomic E-state index is 0.181. The van der Waals surface area contributed by atoms with E-state index in [-0.39, 0.29) is 11.5 Å². The van der Waals surface area contributed by atoms with Crippen molar-refractivity contribution in [1.29, 1.82) is 0 Å². The number of hydrogen-bond donors (Lipinski definition) is 0. The lowest BCUT2D eigenvalue weighted by atomic mass is 10.1. The van der Waals surface area contributed by atoms with Gasteiger partial charge in [0.1, 0.15) is 18.1 Å². The van der Waals surface area contributed by atoms with Crippen LogP contribution in [0.25, 0.3) is 6.08 Å². The Morgan fingerprint density at radius 1 is 0.931 bits per heavy atom. The summed E-state index contributed by atoms with van der Waals surface area (Å²) in [5, 5.41) is 0. The second-order valence-corrected chi connectivity index (χ2v) is 6.45. The van der Waals surface area contributed by atoms with Crippen LogP contribution in [0.5, 0.6) is 23.0 Å². The molecule has 0 amide bonds. The number of hydrogen-bond acceptors (Lipinski definition) is 5. The van der Waals surface area contributed by atoms with Crippen LogP contribution in [0, 0.1) is 0 Å². The van der Waals surface area contributed by atoms with Gasteiger partial charge >= 0.3 is 0 Å². The van der Waals surface area contributed by atoms with Crippen molar-refractivity contribution < 1.29 is 23.7 Å². The molecule has 0 unspecified atom stereocenters. The summed E-state index contributed by atoms with van der Waals surface area (Å²) in [6.07, 6.45) is 1.66. The highest BCUT2D eigenvalue weighted by Crippen LogP contribution is 2.37. The Morgan fingerprint density at radius 2 is 1.76 bits per heavy atom. The van der Waals surface area contributed by atoms with Gasteiger partial charge in [0, 0.05) is 11.6 Å². The molecule has 0 saturated heterocycles. The lowest BCUT2D eigenvalue weighted by Crippen LogP contribution is -1.99. The maximum Gasteiger partial charge on any atom is 0.231 e. The molecule has 1 heterocycles. The van der Waals surface area contributed by atoms with Gasteiger partial charge in [0.05, 0.1) is 19.8 Å². The van der Waals surface area contributed by atoms with Crippen molar-refractivity contribution in [2.24, 2.45) is 0 Å². The first kappa shape index (κ1) is 18.6. The highest BCUT2D eigenvalue weighted by Gasteiger charge is 2.28. The molecule has 1 aliphatic heterocycles. The van der Waals surface area contributed by atoms with Crippen LogP contribution in [0.1, 0.15) is 21.5 Å². The standard InChI is InChI=1S/C24H20O5/c1-26-20-10-6-9-17(24(20)27-2)13-22-23(25)19-12-11-18(14-21(19)29-22)28-15-16-7-4-3-5-8-16/h3-14H,15H2,1-2H3/b22-13+. The van der Waals surface area contributed by atoms with Crippen LogP contribution in [0.2, 0.25) is 0 Å². The summed E-state index contributed by atoms with van der Waals surface area (Å²) >= 11 is 0. The van der Waals surface area contributed by atoms with E-state index in [0.29, 0.717) is 40.7 Å². The highest BCUT2D eigenvalue weighted by molar-refractivity contribution is 6.14. The van der Waals surface area contributed by atoms with Gasteiger partial charge in [-0.15, -0.1) is 0 Å². The molecule has 146 valence electrons. The maximum atomic E-state index is 12.7. The average molecular weight is 388 g/mol. The van der Waals surface area contributed by atoms with Crippen LogP contribution >= 0.6 is 0 Å². The summed E-state index contributed by atoms with van der Waals surface area (Å²) in [4.78, 5) is 12.7. The van der Waals surface area contributed by atoms with Crippen molar-refractivity contribution in [3.05, 3.63) is 89.2 Å². The molecule has 3 aromatic rings. The van der Waals surface area contributed by atoms with E-state index in [1.807, 2.05) is 42.5 Å². The molecule has 0 saturated carbocycles. The normalized spacial score (nSPS) is 13.7. The molecule has 0 aromatic heterocycles. The zero-order valence-corrected chi connectivity index (χ0v) is 16.2. The third-order valence-corrected chi connectivity index (χ3v) is 4.61. The molecule has 0 atom stereocenters. The van der Waals surface area contributed by atoms with E-state index < -0.39 is 0 Å². The van der Waals surface area contributed by atoms with Crippen LogP contribution in [0.4, 0.5) is 0 Å². The predicted molar refractivity (Wildman–Crippen MR) is 110 cm³/mol. The maximum absolute atomic E-state index is 12.7. The van der Waals surface area contributed by atoms with E-state index in [1.54, 1.807) is 44.6 Å². The molecule has 29 heavy (non-hydrogen) atoms. The van der Waals surface area contributed by atoms with Gasteiger partial charge in [0.2, 0.25) is 5.78 Å². The van der Waals surface area contributed by atoms with Crippen molar-refractivity contribution in [2.45, 2.75) is 6.61 Å². The number of allylic oxidation sites excluding steroid dienone is 1. The van der Waals surface area contributed by atoms with Crippen molar-refractivity contribution in [3.8, 4) is 23.0 Å². The van der Waals surface area contributed by atoms with Crippen molar-refractivity contribution >= 4 is 11.9 Å². The Labute approximate surface area is 169 Å². The molecule has 0 bridgehead atoms. The lowest BCUT2D eigenvalue weighted by Gasteiger charge is -2.10. The van der Waals surface area contributed by atoms with Gasteiger partial charge in [-0.2, -0.15) is 0 Å². The summed E-state index contributed by atoms with van der Waals surface area (Å²) in [7, 11) is 3.13. The molecule has 1 aliphatic rings. The quantitative estimate of drug-likeness (QED) is 0.562. The number of rotatable bonds is 6. The monoisotopic (exact) mass is 388 g/mol. The Hall–Kier alpha value is -3.73. The number of carbonyl (C=O) groups excluding carboxylic acids is 1. The van der Waals surface area contributed by atoms with Gasteiger partial charge in [-0.25, -0.2) is 0 Å². The molecular weight excluding hydrogens is 368 g/mol. The van der Waals surface area contributed by atoms with Crippen molar-refractivity contribution in [3.63, 3.8) is 0 Å². The van der Waals surface area contributed by atoms with Gasteiger partial charge in [-0.1, -0.05) is 42.5 Å². The summed E-state index contributed by atoms with van der Waals surface area (Å²) < 4.78 is 22.4. The minimum atomic E-state index is -0.181. The van der Waals surface area contributed by atoms with Crippen LogP contribution in [-0.4, -0.2) is 20.0 Å². The lowest BCUT2D eigenvalue weighted by molar-refractivity contribution is 0.101. The van der Waals surface area contributed by atoms with E-state index in [2.05, 4.69) is 0 Å². The van der Waals surface area contributed by atoms with E-state index in [4.69, 9.17) is 18.9 Å². The van der Waals surface area contributed by atoms with Crippen molar-refractivity contribution in [2.75, 3.05) is 14.2 Å². The van der Waals surface area contributed by atoms with Crippen molar-refractivity contribution in [1.82, 2.24) is 0 Å². The fourth-order valence-electron chi connectivity index (χ4n) is 3.16. The number of ketones is 1. The van der Waals surface area contributed by atoms with E-state index in [9.17, 15) is 4.79 Å². The molecule has 0 aliphatic carbocycles. The smallest absolute Gasteiger partial charge is 0.231 e. The van der Waals surface area contributed by atoms with Crippen LogP contribution < -0.4 is 18.9 Å². The largest absolute Gasteiger partial charge is 0.493 e. The Balaban J connectivity index is 1.56. The first-order chi connectivity index (χ1) is 14.2. The number of ether oxygens (including phenoxy) is 4. The third-order valence-electron chi connectivity index (χ3n) is 4.61. The summed E-state index contributed by atoms with van der Waals surface area (Å²) in [5.41, 5.74) is 2.27. The average Bonchev–Trinajstić information content (AvgIpc) is 3.07. The number of methoxy groups -OCH3 is 2. The third kappa shape index (κ3) is 3.80. The molecule has 5 heteroatoms. The van der Waals surface area contributed by atoms with Crippen LogP contribution in [0.3, 0.4) is 0 Å². The molecule has 0 fully saturated rings. The van der Waals surface area contributed by atoms with E-state index in [0.717, 1.165) is 5.56 Å². The van der Waals surface area contributed by atoms with Crippen LogP contribution in [-0.2, 0) is 6.61 Å². The van der Waals surface area contributed by atoms with Gasteiger partial charge in [-0.3, -0.25) is 4.79 Å². The zero-order chi connectivity index (χ0) is 20.2. The number of fused-ring (bicyclic) bond motifs is 1. The first-order valence-corrected chi connectivity index (χ1v) is 9.15. The highest BCUT2D eigenvalue weighted by atomic mass is 16.5. The van der Waals surface area contributed by atoms with Gasteiger partial charge in [-0.05, 0) is 29.8 Å². The van der Waals surface area contributed by atoms with E-state index in [1.165, 1.54) is 0 Å². The molecule has 4 rings (SSSR count). The molecule has 0 radical (unpaired) electrons. The molecule has 0 spiro atoms. The SMILES string of the molecule is COc1cccc(/C=C2/Oc3cc(OCc4ccccc4)ccc3C2=O)c1OC. The van der Waals surface area contributed by atoms with Gasteiger partial charge < -0.3 is 18.9 Å². The minimum Gasteiger partial charge on any atom is -0.493 e. The molecule has 5 nitrogen and oxygen atoms in total. The Kier molecular flexibility index (Phi) is 5.20. The van der Waals surface area contributed by atoms with Gasteiger partial charge in [0.25, 0.3) is 0 Å². The number of para-hydroxylation sites is 1. The molecule has 3 aromatic carbocycles. The molecular formula is C24H20O5. The predicted octanol–water partition coefficient (Wildman–Crippen LogP) is 4.90. The fourth-order valence-corrected chi connectivity index (χ4v) is 3.16. The Morgan fingerprint density at radius 3 is 2.52 bits per heavy atom. The van der Waals surface area contributed by atoms with Gasteiger partial charge in [0.15, 0.2) is 17.3 Å². The zero-order valence-electron chi connectivity index (χ0n) is 16.2. The summed E-state index contributed by atoms with van der Waals surface area (Å²) in [6, 6.07) is 20.6. The Bertz CT molecular complexity index is 1070. The number of Topliss-reactive ketones (excluding diaryl/α,β-unsaturated/α-hetero) is 1. The second-order valence-electron chi connectivity index (χ2n) is 6.45. The fraction of sp³-hybridized carbons (Fsp3) is 0.125. The first-order valence-electron chi connectivity index (χ1n) is 9.15. The second kappa shape index (κ2) is 8.10. The van der Waals surface area contributed by atoms with E-state index >= 15 is 0 Å².